The van der Waals surface area contributed by atoms with E-state index < -0.39 is 60.8 Å². The molecule has 0 aliphatic heterocycles. The van der Waals surface area contributed by atoms with Crippen molar-refractivity contribution >= 4 is 29.7 Å². The van der Waals surface area contributed by atoms with E-state index in [1.54, 1.807) is 13.8 Å². The number of amides is 3. The molecule has 0 fully saturated rings. The first-order chi connectivity index (χ1) is 13.3. The molecule has 3 atom stereocenters. The van der Waals surface area contributed by atoms with Crippen molar-refractivity contribution in [1.82, 2.24) is 16.0 Å². The number of hydrogen-bond donors (Lipinski definition) is 6. The smallest absolute Gasteiger partial charge is 0.326 e. The molecule has 0 heterocycles. The SMILES string of the molecule is CC(C)CC(N)C(=O)NC(C(=O)NCC(=O)NC(CCC(=O)O)C(=O)O)C(C)C. The van der Waals surface area contributed by atoms with E-state index in [1.807, 2.05) is 13.8 Å². The van der Waals surface area contributed by atoms with Crippen molar-refractivity contribution in [2.24, 2.45) is 17.6 Å². The molecule has 29 heavy (non-hydrogen) atoms. The zero-order valence-electron chi connectivity index (χ0n) is 17.2. The fourth-order valence-electron chi connectivity index (χ4n) is 2.46. The maximum Gasteiger partial charge on any atom is 0.326 e. The van der Waals surface area contributed by atoms with Crippen molar-refractivity contribution < 1.29 is 34.2 Å². The monoisotopic (exact) mass is 416 g/mol. The van der Waals surface area contributed by atoms with Gasteiger partial charge in [0.05, 0.1) is 12.6 Å². The lowest BCUT2D eigenvalue weighted by Crippen LogP contribution is -2.55. The Morgan fingerprint density at radius 1 is 0.931 bits per heavy atom. The molecule has 0 aromatic heterocycles. The van der Waals surface area contributed by atoms with Gasteiger partial charge in [0.2, 0.25) is 17.7 Å². The zero-order chi connectivity index (χ0) is 22.7. The fourth-order valence-corrected chi connectivity index (χ4v) is 2.46. The summed E-state index contributed by atoms with van der Waals surface area (Å²) in [6, 6.07) is -3.07. The van der Waals surface area contributed by atoms with Crippen LogP contribution in [-0.4, -0.2) is 64.5 Å². The van der Waals surface area contributed by atoms with E-state index in [0.29, 0.717) is 6.42 Å². The third-order valence-electron chi connectivity index (χ3n) is 4.01. The molecule has 0 rings (SSSR count). The van der Waals surface area contributed by atoms with Crippen LogP contribution in [0, 0.1) is 11.8 Å². The molecule has 11 nitrogen and oxygen atoms in total. The minimum absolute atomic E-state index is 0.203. The molecule has 0 aromatic rings. The summed E-state index contributed by atoms with van der Waals surface area (Å²) < 4.78 is 0. The third-order valence-corrected chi connectivity index (χ3v) is 4.01. The molecule has 0 bridgehead atoms. The van der Waals surface area contributed by atoms with Crippen molar-refractivity contribution in [2.45, 2.75) is 65.1 Å². The van der Waals surface area contributed by atoms with E-state index in [2.05, 4.69) is 16.0 Å². The van der Waals surface area contributed by atoms with Crippen LogP contribution < -0.4 is 21.7 Å². The topological polar surface area (TPSA) is 188 Å². The Morgan fingerprint density at radius 2 is 1.52 bits per heavy atom. The molecule has 7 N–H and O–H groups in total. The fraction of sp³-hybridized carbons (Fsp3) is 0.722. The van der Waals surface area contributed by atoms with Crippen LogP contribution in [0.4, 0.5) is 0 Å². The number of carboxylic acids is 2. The number of hydrogen-bond acceptors (Lipinski definition) is 6. The van der Waals surface area contributed by atoms with Crippen LogP contribution in [0.25, 0.3) is 0 Å². The zero-order valence-corrected chi connectivity index (χ0v) is 17.2. The molecule has 0 aromatic carbocycles. The standard InChI is InChI=1S/C18H32N4O7/c1-9(2)7-11(19)16(26)22-15(10(3)4)17(27)20-8-13(23)21-12(18(28)29)5-6-14(24)25/h9-12,15H,5-8,19H2,1-4H3,(H,20,27)(H,21,23)(H,22,26)(H,24,25)(H,28,29). The summed E-state index contributed by atoms with van der Waals surface area (Å²) in [5, 5.41) is 24.7. The van der Waals surface area contributed by atoms with E-state index in [4.69, 9.17) is 15.9 Å². The van der Waals surface area contributed by atoms with Crippen molar-refractivity contribution in [3.63, 3.8) is 0 Å². The number of aliphatic carboxylic acids is 2. The van der Waals surface area contributed by atoms with Crippen LogP contribution in [0.3, 0.4) is 0 Å². The second-order valence-corrected chi connectivity index (χ2v) is 7.57. The first kappa shape index (κ1) is 26.3. The van der Waals surface area contributed by atoms with Gasteiger partial charge in [-0.1, -0.05) is 27.7 Å². The summed E-state index contributed by atoms with van der Waals surface area (Å²) in [7, 11) is 0. The highest BCUT2D eigenvalue weighted by molar-refractivity contribution is 5.92. The quantitative estimate of drug-likeness (QED) is 0.221. The molecule has 0 spiro atoms. The minimum atomic E-state index is -1.38. The van der Waals surface area contributed by atoms with E-state index in [9.17, 15) is 24.0 Å². The summed E-state index contributed by atoms with van der Waals surface area (Å²) in [6.07, 6.45) is -0.266. The Balaban J connectivity index is 4.74. The van der Waals surface area contributed by atoms with E-state index >= 15 is 0 Å². The lowest BCUT2D eigenvalue weighted by Gasteiger charge is -2.24. The van der Waals surface area contributed by atoms with Crippen LogP contribution in [0.15, 0.2) is 0 Å². The summed E-state index contributed by atoms with van der Waals surface area (Å²) >= 11 is 0. The predicted octanol–water partition coefficient (Wildman–Crippen LogP) is -0.949. The molecule has 166 valence electrons. The molecule has 3 amide bonds. The number of nitrogens with two attached hydrogens (primary N) is 1. The Morgan fingerprint density at radius 3 is 1.97 bits per heavy atom. The molecule has 0 aliphatic carbocycles. The normalized spacial score (nSPS) is 14.0. The van der Waals surface area contributed by atoms with Gasteiger partial charge in [0.1, 0.15) is 12.1 Å². The van der Waals surface area contributed by atoms with Gasteiger partial charge in [-0.25, -0.2) is 4.79 Å². The Bertz CT molecular complexity index is 607. The van der Waals surface area contributed by atoms with Crippen molar-refractivity contribution in [2.75, 3.05) is 6.54 Å². The number of rotatable bonds is 13. The van der Waals surface area contributed by atoms with Crippen molar-refractivity contribution in [3.05, 3.63) is 0 Å². The number of carboxylic acid groups (broad SMARTS) is 2. The van der Waals surface area contributed by atoms with Gasteiger partial charge in [-0.05, 0) is 24.7 Å². The Labute approximate surface area is 169 Å². The lowest BCUT2D eigenvalue weighted by molar-refractivity contribution is -0.143. The molecule has 11 heteroatoms. The average Bonchev–Trinajstić information content (AvgIpc) is 2.59. The van der Waals surface area contributed by atoms with E-state index in [1.165, 1.54) is 0 Å². The average molecular weight is 416 g/mol. The van der Waals surface area contributed by atoms with E-state index in [0.717, 1.165) is 0 Å². The Hall–Kier alpha value is -2.69. The maximum atomic E-state index is 12.4. The molecular weight excluding hydrogens is 384 g/mol. The second-order valence-electron chi connectivity index (χ2n) is 7.57. The van der Waals surface area contributed by atoms with Gasteiger partial charge in [-0.2, -0.15) is 0 Å². The molecule has 3 unspecified atom stereocenters. The third kappa shape index (κ3) is 11.0. The van der Waals surface area contributed by atoms with Gasteiger partial charge in [0.25, 0.3) is 0 Å². The van der Waals surface area contributed by atoms with Crippen molar-refractivity contribution in [3.8, 4) is 0 Å². The first-order valence-corrected chi connectivity index (χ1v) is 9.42. The maximum absolute atomic E-state index is 12.4. The van der Waals surface area contributed by atoms with Crippen LogP contribution in [0.1, 0.15) is 47.0 Å². The van der Waals surface area contributed by atoms with Gasteiger partial charge in [-0.15, -0.1) is 0 Å². The van der Waals surface area contributed by atoms with Gasteiger partial charge >= 0.3 is 11.9 Å². The highest BCUT2D eigenvalue weighted by Crippen LogP contribution is 2.06. The van der Waals surface area contributed by atoms with Crippen molar-refractivity contribution in [1.29, 1.82) is 0 Å². The van der Waals surface area contributed by atoms with Gasteiger partial charge < -0.3 is 31.9 Å². The largest absolute Gasteiger partial charge is 0.481 e. The van der Waals surface area contributed by atoms with Crippen LogP contribution in [0.2, 0.25) is 0 Å². The summed E-state index contributed by atoms with van der Waals surface area (Å²) in [4.78, 5) is 58.1. The Kier molecular flexibility index (Phi) is 11.5. The molecule has 0 saturated heterocycles. The molecule has 0 aliphatic rings. The molecule has 0 saturated carbocycles. The minimum Gasteiger partial charge on any atom is -0.481 e. The highest BCUT2D eigenvalue weighted by Gasteiger charge is 2.27. The summed E-state index contributed by atoms with van der Waals surface area (Å²) in [5.41, 5.74) is 5.82. The molecular formula is C18H32N4O7. The number of nitrogens with one attached hydrogen (secondary N) is 3. The van der Waals surface area contributed by atoms with E-state index in [-0.39, 0.29) is 18.3 Å². The first-order valence-electron chi connectivity index (χ1n) is 9.42. The van der Waals surface area contributed by atoms with Crippen LogP contribution in [0.5, 0.6) is 0 Å². The van der Waals surface area contributed by atoms with Gasteiger partial charge in [0, 0.05) is 6.42 Å². The lowest BCUT2D eigenvalue weighted by atomic mass is 10.0. The molecule has 0 radical (unpaired) electrons. The summed E-state index contributed by atoms with van der Waals surface area (Å²) in [6.45, 7) is 6.74. The van der Waals surface area contributed by atoms with Gasteiger partial charge in [0.15, 0.2) is 0 Å². The second kappa shape index (κ2) is 12.7. The number of carbonyl (C=O) groups excluding carboxylic acids is 3. The van der Waals surface area contributed by atoms with Crippen LogP contribution in [-0.2, 0) is 24.0 Å². The number of carbonyl (C=O) groups is 5. The van der Waals surface area contributed by atoms with Crippen LogP contribution >= 0.6 is 0 Å². The predicted molar refractivity (Wildman–Crippen MR) is 104 cm³/mol. The van der Waals surface area contributed by atoms with Gasteiger partial charge in [-0.3, -0.25) is 19.2 Å². The highest BCUT2D eigenvalue weighted by atomic mass is 16.4. The summed E-state index contributed by atoms with van der Waals surface area (Å²) in [5.74, 6) is -4.53.